The molecule has 1 atom stereocenters. The minimum atomic E-state index is -0.675. The van der Waals surface area contributed by atoms with Crippen LogP contribution in [0.15, 0.2) is 78.9 Å². The third-order valence-electron chi connectivity index (χ3n) is 4.70. The molecule has 0 radical (unpaired) electrons. The van der Waals surface area contributed by atoms with Gasteiger partial charge >= 0.3 is 0 Å². The van der Waals surface area contributed by atoms with Crippen LogP contribution in [0.25, 0.3) is 11.0 Å². The van der Waals surface area contributed by atoms with Gasteiger partial charge in [0.05, 0.1) is 17.6 Å². The first-order valence-corrected chi connectivity index (χ1v) is 9.68. The van der Waals surface area contributed by atoms with E-state index in [9.17, 15) is 5.11 Å². The fourth-order valence-electron chi connectivity index (χ4n) is 3.19. The highest BCUT2D eigenvalue weighted by atomic mass is 16.5. The van der Waals surface area contributed by atoms with E-state index in [0.717, 1.165) is 28.4 Å². The molecule has 0 aliphatic heterocycles. The predicted molar refractivity (Wildman–Crippen MR) is 113 cm³/mol. The second-order valence-electron chi connectivity index (χ2n) is 7.01. The van der Waals surface area contributed by atoms with Crippen LogP contribution < -0.4 is 9.47 Å². The van der Waals surface area contributed by atoms with Gasteiger partial charge in [-0.05, 0) is 43.3 Å². The van der Waals surface area contributed by atoms with Gasteiger partial charge in [0.2, 0.25) is 0 Å². The highest BCUT2D eigenvalue weighted by molar-refractivity contribution is 5.75. The lowest BCUT2D eigenvalue weighted by Crippen LogP contribution is -2.25. The average Bonchev–Trinajstić information content (AvgIpc) is 3.10. The Labute approximate surface area is 170 Å². The molecule has 0 amide bonds. The zero-order valence-corrected chi connectivity index (χ0v) is 16.4. The molecule has 0 spiro atoms. The highest BCUT2D eigenvalue weighted by Crippen LogP contribution is 2.19. The summed E-state index contributed by atoms with van der Waals surface area (Å²) in [4.78, 5) is 4.70. The molecule has 5 heteroatoms. The maximum atomic E-state index is 10.6. The lowest BCUT2D eigenvalue weighted by molar-refractivity contribution is 0.0917. The van der Waals surface area contributed by atoms with Crippen molar-refractivity contribution >= 4 is 11.0 Å². The van der Waals surface area contributed by atoms with Crippen molar-refractivity contribution in [1.29, 1.82) is 0 Å². The number of aliphatic hydroxyl groups excluding tert-OH is 1. The van der Waals surface area contributed by atoms with Crippen molar-refractivity contribution in [3.05, 3.63) is 90.3 Å². The number of aromatic nitrogens is 2. The van der Waals surface area contributed by atoms with Crippen molar-refractivity contribution in [2.24, 2.45) is 0 Å². The average molecular weight is 388 g/mol. The first-order valence-electron chi connectivity index (χ1n) is 9.68. The van der Waals surface area contributed by atoms with Crippen LogP contribution in [-0.2, 0) is 13.2 Å². The number of nitrogens with zero attached hydrogens (tertiary/aromatic N) is 2. The molecule has 0 saturated carbocycles. The standard InChI is InChI=1S/C24H24N2O3/c1-18-11-13-21(14-12-18)29-17-24-25-22-9-5-6-10-23(22)26(24)15-19(27)16-28-20-7-3-2-4-8-20/h2-14,19,27H,15-17H2,1H3. The van der Waals surface area contributed by atoms with E-state index in [0.29, 0.717) is 13.2 Å². The first-order chi connectivity index (χ1) is 14.2. The molecule has 1 aromatic heterocycles. The van der Waals surface area contributed by atoms with E-state index in [4.69, 9.17) is 14.5 Å². The third-order valence-corrected chi connectivity index (χ3v) is 4.70. The van der Waals surface area contributed by atoms with E-state index in [1.807, 2.05) is 90.4 Å². The van der Waals surface area contributed by atoms with Crippen molar-refractivity contribution in [2.75, 3.05) is 6.61 Å². The summed E-state index contributed by atoms with van der Waals surface area (Å²) in [5, 5.41) is 10.6. The Balaban J connectivity index is 1.49. The zero-order valence-electron chi connectivity index (χ0n) is 16.4. The normalized spacial score (nSPS) is 12.1. The van der Waals surface area contributed by atoms with E-state index in [1.165, 1.54) is 5.56 Å². The smallest absolute Gasteiger partial charge is 0.148 e. The molecule has 0 fully saturated rings. The van der Waals surface area contributed by atoms with E-state index < -0.39 is 6.10 Å². The van der Waals surface area contributed by atoms with Crippen LogP contribution in [0.2, 0.25) is 0 Å². The number of hydrogen-bond donors (Lipinski definition) is 1. The minimum Gasteiger partial charge on any atom is -0.491 e. The molecule has 3 aromatic carbocycles. The van der Waals surface area contributed by atoms with Gasteiger partial charge in [-0.3, -0.25) is 0 Å². The van der Waals surface area contributed by atoms with Crippen LogP contribution in [0.4, 0.5) is 0 Å². The first kappa shape index (κ1) is 19.0. The second-order valence-corrected chi connectivity index (χ2v) is 7.01. The van der Waals surface area contributed by atoms with E-state index >= 15 is 0 Å². The van der Waals surface area contributed by atoms with Gasteiger partial charge < -0.3 is 19.1 Å². The van der Waals surface area contributed by atoms with Gasteiger partial charge in [-0.1, -0.05) is 48.0 Å². The lowest BCUT2D eigenvalue weighted by Gasteiger charge is -2.16. The lowest BCUT2D eigenvalue weighted by atomic mass is 10.2. The number of fused-ring (bicyclic) bond motifs is 1. The largest absolute Gasteiger partial charge is 0.491 e. The van der Waals surface area contributed by atoms with Gasteiger partial charge in [0.25, 0.3) is 0 Å². The topological polar surface area (TPSA) is 56.5 Å². The zero-order chi connectivity index (χ0) is 20.1. The Kier molecular flexibility index (Phi) is 5.77. The Bertz CT molecular complexity index is 1060. The van der Waals surface area contributed by atoms with Crippen molar-refractivity contribution in [3.63, 3.8) is 0 Å². The van der Waals surface area contributed by atoms with Gasteiger partial charge in [0.15, 0.2) is 0 Å². The number of ether oxygens (including phenoxy) is 2. The third kappa shape index (κ3) is 4.76. The molecule has 148 valence electrons. The van der Waals surface area contributed by atoms with Crippen molar-refractivity contribution < 1.29 is 14.6 Å². The van der Waals surface area contributed by atoms with Crippen LogP contribution in [0, 0.1) is 6.92 Å². The van der Waals surface area contributed by atoms with Crippen LogP contribution in [0.1, 0.15) is 11.4 Å². The number of imidazole rings is 1. The molecule has 0 bridgehead atoms. The SMILES string of the molecule is Cc1ccc(OCc2nc3ccccc3n2CC(O)COc2ccccc2)cc1. The van der Waals surface area contributed by atoms with Crippen LogP contribution >= 0.6 is 0 Å². The Morgan fingerprint density at radius 1 is 0.862 bits per heavy atom. The molecule has 1 N–H and O–H groups in total. The Hall–Kier alpha value is -3.31. The Morgan fingerprint density at radius 3 is 2.34 bits per heavy atom. The number of aryl methyl sites for hydroxylation is 1. The quantitative estimate of drug-likeness (QED) is 0.487. The molecule has 1 unspecified atom stereocenters. The molecule has 0 saturated heterocycles. The summed E-state index contributed by atoms with van der Waals surface area (Å²) in [6, 6.07) is 25.3. The molecule has 5 nitrogen and oxygen atoms in total. The summed E-state index contributed by atoms with van der Waals surface area (Å²) < 4.78 is 13.6. The highest BCUT2D eigenvalue weighted by Gasteiger charge is 2.15. The summed E-state index contributed by atoms with van der Waals surface area (Å²) in [5.41, 5.74) is 3.03. The summed E-state index contributed by atoms with van der Waals surface area (Å²) in [6.07, 6.45) is -0.675. The molecule has 29 heavy (non-hydrogen) atoms. The second kappa shape index (κ2) is 8.80. The summed E-state index contributed by atoms with van der Waals surface area (Å²) in [6.45, 7) is 2.95. The van der Waals surface area contributed by atoms with E-state index in [2.05, 4.69) is 0 Å². The Morgan fingerprint density at radius 2 is 1.55 bits per heavy atom. The summed E-state index contributed by atoms with van der Waals surface area (Å²) >= 11 is 0. The maximum Gasteiger partial charge on any atom is 0.148 e. The van der Waals surface area contributed by atoms with Gasteiger partial charge in [0.1, 0.15) is 36.6 Å². The summed E-state index contributed by atoms with van der Waals surface area (Å²) in [7, 11) is 0. The van der Waals surface area contributed by atoms with Crippen LogP contribution in [0.5, 0.6) is 11.5 Å². The van der Waals surface area contributed by atoms with E-state index in [1.54, 1.807) is 0 Å². The van der Waals surface area contributed by atoms with Gasteiger partial charge in [-0.15, -0.1) is 0 Å². The van der Waals surface area contributed by atoms with E-state index in [-0.39, 0.29) is 6.61 Å². The van der Waals surface area contributed by atoms with Crippen LogP contribution in [-0.4, -0.2) is 27.4 Å². The monoisotopic (exact) mass is 388 g/mol. The molecular weight excluding hydrogens is 364 g/mol. The molecule has 0 aliphatic rings. The predicted octanol–water partition coefficient (Wildman–Crippen LogP) is 4.36. The molecule has 0 aliphatic carbocycles. The van der Waals surface area contributed by atoms with Crippen molar-refractivity contribution in [2.45, 2.75) is 26.2 Å². The number of rotatable bonds is 8. The van der Waals surface area contributed by atoms with Crippen molar-refractivity contribution in [3.8, 4) is 11.5 Å². The molecule has 1 heterocycles. The number of benzene rings is 3. The number of hydrogen-bond acceptors (Lipinski definition) is 4. The van der Waals surface area contributed by atoms with Gasteiger partial charge in [-0.25, -0.2) is 4.98 Å². The van der Waals surface area contributed by atoms with Crippen molar-refractivity contribution in [1.82, 2.24) is 9.55 Å². The number of aliphatic hydroxyl groups is 1. The fraction of sp³-hybridized carbons (Fsp3) is 0.208. The van der Waals surface area contributed by atoms with Gasteiger partial charge in [0, 0.05) is 0 Å². The summed E-state index contributed by atoms with van der Waals surface area (Å²) in [5.74, 6) is 2.30. The van der Waals surface area contributed by atoms with Crippen LogP contribution in [0.3, 0.4) is 0 Å². The van der Waals surface area contributed by atoms with Gasteiger partial charge in [-0.2, -0.15) is 0 Å². The maximum absolute atomic E-state index is 10.6. The molecule has 4 rings (SSSR count). The minimum absolute atomic E-state index is 0.203. The number of para-hydroxylation sites is 3. The molecule has 4 aromatic rings. The fourth-order valence-corrected chi connectivity index (χ4v) is 3.19. The molecular formula is C24H24N2O3.